The first-order valence-corrected chi connectivity index (χ1v) is 9.51. The Bertz CT molecular complexity index is 881. The van der Waals surface area contributed by atoms with Gasteiger partial charge < -0.3 is 14.8 Å². The molecule has 3 rings (SSSR count). The minimum Gasteiger partial charge on any atom is -0.489 e. The first kappa shape index (κ1) is 19.9. The SMILES string of the molecule is N#C/C(=C\c1ccc(OCc2ccccc2Cl)cc1)C(=O)NC[C@H]1CCCO1. The molecule has 0 bridgehead atoms. The van der Waals surface area contributed by atoms with E-state index in [0.717, 1.165) is 30.6 Å². The Hall–Kier alpha value is -2.81. The van der Waals surface area contributed by atoms with Gasteiger partial charge >= 0.3 is 0 Å². The van der Waals surface area contributed by atoms with Crippen LogP contribution in [-0.2, 0) is 16.1 Å². The van der Waals surface area contributed by atoms with Gasteiger partial charge in [0.05, 0.1) is 6.10 Å². The van der Waals surface area contributed by atoms with Gasteiger partial charge in [-0.1, -0.05) is 41.9 Å². The third-order valence-corrected chi connectivity index (χ3v) is 4.79. The van der Waals surface area contributed by atoms with Crippen molar-refractivity contribution in [3.8, 4) is 11.8 Å². The second-order valence-corrected chi connectivity index (χ2v) is 6.87. The van der Waals surface area contributed by atoms with Gasteiger partial charge in [0.1, 0.15) is 24.0 Å². The molecule has 0 unspecified atom stereocenters. The highest BCUT2D eigenvalue weighted by molar-refractivity contribution is 6.31. The summed E-state index contributed by atoms with van der Waals surface area (Å²) in [5, 5.41) is 12.7. The maximum absolute atomic E-state index is 12.2. The second-order valence-electron chi connectivity index (χ2n) is 6.46. The van der Waals surface area contributed by atoms with Crippen LogP contribution in [0.4, 0.5) is 0 Å². The number of rotatable bonds is 7. The average Bonchev–Trinajstić information content (AvgIpc) is 3.24. The lowest BCUT2D eigenvalue weighted by atomic mass is 10.1. The molecule has 0 radical (unpaired) electrons. The molecule has 1 atom stereocenters. The standard InChI is InChI=1S/C22H21ClN2O3/c23-21-6-2-1-4-17(21)15-28-19-9-7-16(8-10-19)12-18(13-24)22(26)25-14-20-5-3-11-27-20/h1-2,4,6-10,12,20H,3,5,11,14-15H2,(H,25,26)/b18-12+/t20-/m1/s1. The quantitative estimate of drug-likeness (QED) is 0.564. The fraction of sp³-hybridized carbons (Fsp3) is 0.273. The van der Waals surface area contributed by atoms with Gasteiger partial charge in [-0.2, -0.15) is 5.26 Å². The molecule has 2 aromatic rings. The molecule has 28 heavy (non-hydrogen) atoms. The highest BCUT2D eigenvalue weighted by Gasteiger charge is 2.17. The predicted molar refractivity (Wildman–Crippen MR) is 108 cm³/mol. The molecule has 1 aliphatic rings. The van der Waals surface area contributed by atoms with E-state index in [0.29, 0.717) is 23.9 Å². The Morgan fingerprint density at radius 3 is 2.75 bits per heavy atom. The highest BCUT2D eigenvalue weighted by Crippen LogP contribution is 2.20. The number of nitriles is 1. The Labute approximate surface area is 169 Å². The van der Waals surface area contributed by atoms with E-state index in [9.17, 15) is 10.1 Å². The number of carbonyl (C=O) groups excluding carboxylic acids is 1. The summed E-state index contributed by atoms with van der Waals surface area (Å²) in [5.74, 6) is 0.287. The number of nitrogens with one attached hydrogen (secondary N) is 1. The normalized spacial score (nSPS) is 16.4. The van der Waals surface area contributed by atoms with E-state index in [1.165, 1.54) is 0 Å². The van der Waals surface area contributed by atoms with Gasteiger partial charge in [-0.15, -0.1) is 0 Å². The van der Waals surface area contributed by atoms with Crippen LogP contribution in [0.2, 0.25) is 5.02 Å². The summed E-state index contributed by atoms with van der Waals surface area (Å²) in [5.41, 5.74) is 1.71. The zero-order chi connectivity index (χ0) is 19.8. The third-order valence-electron chi connectivity index (χ3n) is 4.42. The van der Waals surface area contributed by atoms with Crippen molar-refractivity contribution in [3.63, 3.8) is 0 Å². The predicted octanol–water partition coefficient (Wildman–Crippen LogP) is 4.12. The lowest BCUT2D eigenvalue weighted by molar-refractivity contribution is -0.117. The number of carbonyl (C=O) groups is 1. The van der Waals surface area contributed by atoms with Crippen molar-refractivity contribution in [2.24, 2.45) is 0 Å². The van der Waals surface area contributed by atoms with Crippen molar-refractivity contribution >= 4 is 23.6 Å². The smallest absolute Gasteiger partial charge is 0.262 e. The maximum atomic E-state index is 12.2. The van der Waals surface area contributed by atoms with E-state index < -0.39 is 5.91 Å². The summed E-state index contributed by atoms with van der Waals surface area (Å²) in [6, 6.07) is 16.7. The van der Waals surface area contributed by atoms with Crippen molar-refractivity contribution in [2.75, 3.05) is 13.2 Å². The summed E-state index contributed by atoms with van der Waals surface area (Å²) < 4.78 is 11.2. The van der Waals surface area contributed by atoms with Crippen molar-refractivity contribution in [1.82, 2.24) is 5.32 Å². The van der Waals surface area contributed by atoms with Gasteiger partial charge in [0, 0.05) is 23.7 Å². The van der Waals surface area contributed by atoms with Gasteiger partial charge in [-0.25, -0.2) is 0 Å². The molecule has 1 fully saturated rings. The summed E-state index contributed by atoms with van der Waals surface area (Å²) in [7, 11) is 0. The second kappa shape index (κ2) is 9.93. The minimum atomic E-state index is -0.392. The Morgan fingerprint density at radius 2 is 2.07 bits per heavy atom. The number of nitrogens with zero attached hydrogens (tertiary/aromatic N) is 1. The molecule has 0 saturated carbocycles. The molecule has 1 aliphatic heterocycles. The molecule has 0 aliphatic carbocycles. The Balaban J connectivity index is 1.57. The number of ether oxygens (including phenoxy) is 2. The zero-order valence-electron chi connectivity index (χ0n) is 15.4. The van der Waals surface area contributed by atoms with Crippen LogP contribution >= 0.6 is 11.6 Å². The molecule has 6 heteroatoms. The molecule has 0 aromatic heterocycles. The summed E-state index contributed by atoms with van der Waals surface area (Å²) in [6.07, 6.45) is 3.54. The molecule has 1 amide bonds. The van der Waals surface area contributed by atoms with Crippen LogP contribution in [-0.4, -0.2) is 25.2 Å². The number of halogens is 1. The number of amides is 1. The Kier molecular flexibility index (Phi) is 7.07. The summed E-state index contributed by atoms with van der Waals surface area (Å²) >= 11 is 6.12. The van der Waals surface area contributed by atoms with Gasteiger partial charge in [-0.3, -0.25) is 4.79 Å². The molecule has 1 N–H and O–H groups in total. The van der Waals surface area contributed by atoms with E-state index in [2.05, 4.69) is 5.32 Å². The van der Waals surface area contributed by atoms with Gasteiger partial charge in [0.25, 0.3) is 5.91 Å². The molecular formula is C22H21ClN2O3. The first-order chi connectivity index (χ1) is 13.7. The minimum absolute atomic E-state index is 0.0402. The first-order valence-electron chi connectivity index (χ1n) is 9.13. The van der Waals surface area contributed by atoms with E-state index >= 15 is 0 Å². The zero-order valence-corrected chi connectivity index (χ0v) is 16.1. The van der Waals surface area contributed by atoms with E-state index in [4.69, 9.17) is 21.1 Å². The van der Waals surface area contributed by atoms with Gasteiger partial charge in [0.2, 0.25) is 0 Å². The van der Waals surface area contributed by atoms with Crippen LogP contribution in [0.15, 0.2) is 54.1 Å². The monoisotopic (exact) mass is 396 g/mol. The van der Waals surface area contributed by atoms with Crippen molar-refractivity contribution in [1.29, 1.82) is 5.26 Å². The van der Waals surface area contributed by atoms with Crippen molar-refractivity contribution in [2.45, 2.75) is 25.6 Å². The lowest BCUT2D eigenvalue weighted by Crippen LogP contribution is -2.32. The number of hydrogen-bond donors (Lipinski definition) is 1. The van der Waals surface area contributed by atoms with Gasteiger partial charge in [-0.05, 0) is 42.7 Å². The fourth-order valence-corrected chi connectivity index (χ4v) is 3.05. The molecule has 144 valence electrons. The summed E-state index contributed by atoms with van der Waals surface area (Å²) in [6.45, 7) is 1.52. The fourth-order valence-electron chi connectivity index (χ4n) is 2.86. The topological polar surface area (TPSA) is 71.3 Å². The van der Waals surface area contributed by atoms with E-state index in [1.54, 1.807) is 30.3 Å². The maximum Gasteiger partial charge on any atom is 0.262 e. The van der Waals surface area contributed by atoms with Crippen LogP contribution in [0.1, 0.15) is 24.0 Å². The highest BCUT2D eigenvalue weighted by atomic mass is 35.5. The average molecular weight is 397 g/mol. The number of benzene rings is 2. The van der Waals surface area contributed by atoms with Crippen LogP contribution in [0.5, 0.6) is 5.75 Å². The van der Waals surface area contributed by atoms with Crippen LogP contribution in [0.3, 0.4) is 0 Å². The van der Waals surface area contributed by atoms with Crippen molar-refractivity contribution < 1.29 is 14.3 Å². The molecule has 1 saturated heterocycles. The van der Waals surface area contributed by atoms with E-state index in [-0.39, 0.29) is 11.7 Å². The van der Waals surface area contributed by atoms with E-state index in [1.807, 2.05) is 30.3 Å². The van der Waals surface area contributed by atoms with Crippen LogP contribution in [0.25, 0.3) is 6.08 Å². The Morgan fingerprint density at radius 1 is 1.29 bits per heavy atom. The molecule has 0 spiro atoms. The van der Waals surface area contributed by atoms with Crippen LogP contribution in [0, 0.1) is 11.3 Å². The van der Waals surface area contributed by atoms with Gasteiger partial charge in [0.15, 0.2) is 0 Å². The van der Waals surface area contributed by atoms with Crippen molar-refractivity contribution in [3.05, 3.63) is 70.3 Å². The lowest BCUT2D eigenvalue weighted by Gasteiger charge is -2.10. The summed E-state index contributed by atoms with van der Waals surface area (Å²) in [4.78, 5) is 12.2. The molecular weight excluding hydrogens is 376 g/mol. The molecule has 5 nitrogen and oxygen atoms in total. The third kappa shape index (κ3) is 5.59. The number of hydrogen-bond acceptors (Lipinski definition) is 4. The largest absolute Gasteiger partial charge is 0.489 e. The molecule has 1 heterocycles. The van der Waals surface area contributed by atoms with Crippen LogP contribution < -0.4 is 10.1 Å². The molecule has 2 aromatic carbocycles.